The van der Waals surface area contributed by atoms with Gasteiger partial charge in [0.1, 0.15) is 5.75 Å². The predicted octanol–water partition coefficient (Wildman–Crippen LogP) is 1.50. The summed E-state index contributed by atoms with van der Waals surface area (Å²) in [5, 5.41) is 2.51. The Kier molecular flexibility index (Phi) is 7.31. The van der Waals surface area contributed by atoms with Crippen molar-refractivity contribution in [2.24, 2.45) is 0 Å². The molecule has 0 saturated carbocycles. The average molecular weight is 323 g/mol. The summed E-state index contributed by atoms with van der Waals surface area (Å²) in [5.41, 5.74) is 6.90. The molecule has 0 saturated heterocycles. The van der Waals surface area contributed by atoms with Crippen molar-refractivity contribution < 1.29 is 14.3 Å². The Bertz CT molecular complexity index is 561. The highest BCUT2D eigenvalue weighted by Crippen LogP contribution is 2.18. The number of carbonyl (C=O) groups is 2. The molecule has 0 aliphatic rings. The minimum atomic E-state index is -0.396. The molecule has 120 valence electrons. The van der Waals surface area contributed by atoms with E-state index in [0.717, 1.165) is 17.5 Å². The summed E-state index contributed by atoms with van der Waals surface area (Å²) in [6.07, 6.45) is 1.11. The number of rotatable bonds is 5. The van der Waals surface area contributed by atoms with Gasteiger partial charge in [-0.2, -0.15) is 0 Å². The van der Waals surface area contributed by atoms with E-state index in [1.54, 1.807) is 0 Å². The molecule has 0 bridgehead atoms. The van der Waals surface area contributed by atoms with Gasteiger partial charge in [-0.15, -0.1) is 0 Å². The highest BCUT2D eigenvalue weighted by molar-refractivity contribution is 7.80. The lowest BCUT2D eigenvalue weighted by Gasteiger charge is -2.12. The average Bonchev–Trinajstić information content (AvgIpc) is 2.44. The standard InChI is InChI=1S/C15H21N3O3S/c1-4-5-13(19)16-15(22)18-17-14(20)9-21-12-7-6-10(2)8-11(12)3/h6-8H,4-5,9H2,1-3H3,(H,17,20)(H2,16,18,19,22). The first-order chi connectivity index (χ1) is 10.4. The van der Waals surface area contributed by atoms with Crippen LogP contribution in [-0.4, -0.2) is 23.5 Å². The molecule has 0 radical (unpaired) electrons. The van der Waals surface area contributed by atoms with Gasteiger partial charge >= 0.3 is 0 Å². The first-order valence-electron chi connectivity index (χ1n) is 7.01. The van der Waals surface area contributed by atoms with E-state index in [0.29, 0.717) is 12.2 Å². The fourth-order valence-corrected chi connectivity index (χ4v) is 1.88. The summed E-state index contributed by atoms with van der Waals surface area (Å²) in [6.45, 7) is 5.64. The third-order valence-electron chi connectivity index (χ3n) is 2.73. The van der Waals surface area contributed by atoms with Gasteiger partial charge in [0.25, 0.3) is 5.91 Å². The van der Waals surface area contributed by atoms with Crippen molar-refractivity contribution in [2.45, 2.75) is 33.6 Å². The Balaban J connectivity index is 2.31. The number of aryl methyl sites for hydroxylation is 2. The van der Waals surface area contributed by atoms with E-state index in [2.05, 4.69) is 16.2 Å². The molecule has 0 aromatic heterocycles. The first kappa shape index (κ1) is 17.9. The Morgan fingerprint density at radius 2 is 1.91 bits per heavy atom. The maximum absolute atomic E-state index is 11.6. The molecule has 0 aliphatic carbocycles. The number of thiocarbonyl (C=S) groups is 1. The third-order valence-corrected chi connectivity index (χ3v) is 2.94. The van der Waals surface area contributed by atoms with E-state index in [4.69, 9.17) is 17.0 Å². The Morgan fingerprint density at radius 3 is 2.55 bits per heavy atom. The smallest absolute Gasteiger partial charge is 0.276 e. The van der Waals surface area contributed by atoms with Gasteiger partial charge in [-0.3, -0.25) is 20.4 Å². The van der Waals surface area contributed by atoms with E-state index in [1.165, 1.54) is 0 Å². The first-order valence-corrected chi connectivity index (χ1v) is 7.42. The fraction of sp³-hybridized carbons (Fsp3) is 0.400. The Hall–Kier alpha value is -2.15. The number of ether oxygens (including phenoxy) is 1. The van der Waals surface area contributed by atoms with Crippen LogP contribution in [0, 0.1) is 13.8 Å². The van der Waals surface area contributed by atoms with Crippen LogP contribution in [-0.2, 0) is 9.59 Å². The number of hydrogen-bond acceptors (Lipinski definition) is 4. The molecule has 1 aromatic carbocycles. The minimum absolute atomic E-state index is 0.0540. The van der Waals surface area contributed by atoms with E-state index < -0.39 is 5.91 Å². The second-order valence-electron chi connectivity index (χ2n) is 4.86. The lowest BCUT2D eigenvalue weighted by atomic mass is 10.1. The summed E-state index contributed by atoms with van der Waals surface area (Å²) >= 11 is 4.88. The lowest BCUT2D eigenvalue weighted by molar-refractivity contribution is -0.124. The van der Waals surface area contributed by atoms with Gasteiger partial charge < -0.3 is 10.1 Å². The van der Waals surface area contributed by atoms with Crippen LogP contribution in [0.3, 0.4) is 0 Å². The number of amides is 2. The zero-order valence-electron chi connectivity index (χ0n) is 13.0. The number of nitrogens with one attached hydrogen (secondary N) is 3. The summed E-state index contributed by atoms with van der Waals surface area (Å²) < 4.78 is 5.42. The lowest BCUT2D eigenvalue weighted by Crippen LogP contribution is -2.49. The fourth-order valence-electron chi connectivity index (χ4n) is 1.71. The largest absolute Gasteiger partial charge is 0.483 e. The van der Waals surface area contributed by atoms with Crippen LogP contribution in [0.1, 0.15) is 30.9 Å². The SMILES string of the molecule is CCCC(=O)NC(=S)NNC(=O)COc1ccc(C)cc1C. The summed E-state index contributed by atoms with van der Waals surface area (Å²) in [5.74, 6) is 0.0624. The normalized spacial score (nSPS) is 9.77. The summed E-state index contributed by atoms with van der Waals surface area (Å²) in [7, 11) is 0. The molecule has 0 spiro atoms. The minimum Gasteiger partial charge on any atom is -0.483 e. The van der Waals surface area contributed by atoms with Crippen LogP contribution in [0.15, 0.2) is 18.2 Å². The maximum Gasteiger partial charge on any atom is 0.276 e. The summed E-state index contributed by atoms with van der Waals surface area (Å²) in [4.78, 5) is 22.9. The molecule has 0 unspecified atom stereocenters. The van der Waals surface area contributed by atoms with Crippen molar-refractivity contribution in [3.8, 4) is 5.75 Å². The van der Waals surface area contributed by atoms with Crippen LogP contribution < -0.4 is 20.9 Å². The van der Waals surface area contributed by atoms with Crippen LogP contribution in [0.4, 0.5) is 0 Å². The molecule has 0 aliphatic heterocycles. The van der Waals surface area contributed by atoms with Gasteiger partial charge in [0, 0.05) is 6.42 Å². The quantitative estimate of drug-likeness (QED) is 0.565. The second kappa shape index (κ2) is 8.99. The molecule has 22 heavy (non-hydrogen) atoms. The molecule has 6 nitrogen and oxygen atoms in total. The molecule has 7 heteroatoms. The zero-order chi connectivity index (χ0) is 16.5. The highest BCUT2D eigenvalue weighted by atomic mass is 32.1. The van der Waals surface area contributed by atoms with Crippen LogP contribution in [0.2, 0.25) is 0 Å². The number of benzene rings is 1. The van der Waals surface area contributed by atoms with Gasteiger partial charge in [0.05, 0.1) is 0 Å². The van der Waals surface area contributed by atoms with Crippen molar-refractivity contribution in [1.29, 1.82) is 0 Å². The van der Waals surface area contributed by atoms with Crippen molar-refractivity contribution in [3.63, 3.8) is 0 Å². The molecular weight excluding hydrogens is 302 g/mol. The van der Waals surface area contributed by atoms with Crippen molar-refractivity contribution in [1.82, 2.24) is 16.2 Å². The molecule has 2 amide bonds. The molecule has 0 heterocycles. The molecular formula is C15H21N3O3S. The van der Waals surface area contributed by atoms with E-state index in [-0.39, 0.29) is 17.6 Å². The number of hydrogen-bond donors (Lipinski definition) is 3. The zero-order valence-corrected chi connectivity index (χ0v) is 13.8. The topological polar surface area (TPSA) is 79.5 Å². The van der Waals surface area contributed by atoms with Crippen LogP contribution >= 0.6 is 12.2 Å². The molecule has 1 aromatic rings. The predicted molar refractivity (Wildman–Crippen MR) is 88.3 cm³/mol. The molecule has 1 rings (SSSR count). The van der Waals surface area contributed by atoms with E-state index >= 15 is 0 Å². The molecule has 0 fully saturated rings. The van der Waals surface area contributed by atoms with Crippen LogP contribution in [0.25, 0.3) is 0 Å². The van der Waals surface area contributed by atoms with Gasteiger partial charge in [0.15, 0.2) is 11.7 Å². The highest BCUT2D eigenvalue weighted by Gasteiger charge is 2.07. The van der Waals surface area contributed by atoms with Crippen LogP contribution in [0.5, 0.6) is 5.75 Å². The molecule has 0 atom stereocenters. The maximum atomic E-state index is 11.6. The monoisotopic (exact) mass is 323 g/mol. The van der Waals surface area contributed by atoms with Gasteiger partial charge in [0.2, 0.25) is 5.91 Å². The van der Waals surface area contributed by atoms with Crippen molar-refractivity contribution in [3.05, 3.63) is 29.3 Å². The third kappa shape index (κ3) is 6.53. The second-order valence-corrected chi connectivity index (χ2v) is 5.27. The van der Waals surface area contributed by atoms with Gasteiger partial charge in [-0.05, 0) is 44.1 Å². The Labute approximate surface area is 135 Å². The van der Waals surface area contributed by atoms with E-state index in [1.807, 2.05) is 39.0 Å². The summed E-state index contributed by atoms with van der Waals surface area (Å²) in [6, 6.07) is 5.71. The van der Waals surface area contributed by atoms with Gasteiger partial charge in [-0.1, -0.05) is 24.6 Å². The van der Waals surface area contributed by atoms with E-state index in [9.17, 15) is 9.59 Å². The van der Waals surface area contributed by atoms with Crippen molar-refractivity contribution in [2.75, 3.05) is 6.61 Å². The number of hydrazine groups is 1. The molecule has 3 N–H and O–H groups in total. The number of carbonyl (C=O) groups excluding carboxylic acids is 2. The Morgan fingerprint density at radius 1 is 1.18 bits per heavy atom. The van der Waals surface area contributed by atoms with Gasteiger partial charge in [-0.25, -0.2) is 0 Å². The van der Waals surface area contributed by atoms with Crippen molar-refractivity contribution >= 4 is 29.1 Å².